The van der Waals surface area contributed by atoms with Gasteiger partial charge >= 0.3 is 0 Å². The summed E-state index contributed by atoms with van der Waals surface area (Å²) in [4.78, 5) is 25.3. The van der Waals surface area contributed by atoms with Crippen LogP contribution in [0.15, 0.2) is 53.0 Å². The zero-order chi connectivity index (χ0) is 17.7. The second kappa shape index (κ2) is 7.88. The topological polar surface area (TPSA) is 49.4 Å². The van der Waals surface area contributed by atoms with E-state index in [2.05, 4.69) is 21.2 Å². The van der Waals surface area contributed by atoms with Gasteiger partial charge in [-0.15, -0.1) is 0 Å². The Hall–Kier alpha value is -2.47. The summed E-state index contributed by atoms with van der Waals surface area (Å²) in [6.07, 6.45) is 2.63. The molecule has 124 valence electrons. The van der Waals surface area contributed by atoms with Gasteiger partial charge in [0, 0.05) is 41.5 Å². The summed E-state index contributed by atoms with van der Waals surface area (Å²) in [7, 11) is 3.31. The molecule has 0 saturated carbocycles. The van der Waals surface area contributed by atoms with Gasteiger partial charge in [-0.1, -0.05) is 22.0 Å². The summed E-state index contributed by atoms with van der Waals surface area (Å²) in [5, 5.41) is 2.65. The number of benzene rings is 2. The first-order chi connectivity index (χ1) is 11.4. The third-order valence-electron chi connectivity index (χ3n) is 3.16. The van der Waals surface area contributed by atoms with Crippen LogP contribution in [0, 0.1) is 5.82 Å². The van der Waals surface area contributed by atoms with Gasteiger partial charge in [0.05, 0.1) is 0 Å². The number of hydrogen-bond acceptors (Lipinski definition) is 2. The van der Waals surface area contributed by atoms with Crippen LogP contribution >= 0.6 is 15.9 Å². The molecule has 0 radical (unpaired) electrons. The predicted molar refractivity (Wildman–Crippen MR) is 96.2 cm³/mol. The third-order valence-corrected chi connectivity index (χ3v) is 3.65. The Morgan fingerprint density at radius 3 is 2.62 bits per heavy atom. The number of carbonyl (C=O) groups is 2. The Morgan fingerprint density at radius 1 is 1.17 bits per heavy atom. The van der Waals surface area contributed by atoms with Crippen molar-refractivity contribution < 1.29 is 14.0 Å². The molecule has 0 saturated heterocycles. The van der Waals surface area contributed by atoms with Gasteiger partial charge in [-0.2, -0.15) is 0 Å². The fourth-order valence-electron chi connectivity index (χ4n) is 1.98. The number of hydrogen-bond donors (Lipinski definition) is 1. The summed E-state index contributed by atoms with van der Waals surface area (Å²) in [5.41, 5.74) is 1.27. The molecular weight excluding hydrogens is 375 g/mol. The van der Waals surface area contributed by atoms with E-state index < -0.39 is 11.7 Å². The number of nitrogens with one attached hydrogen (secondary N) is 1. The van der Waals surface area contributed by atoms with E-state index in [4.69, 9.17) is 0 Å². The van der Waals surface area contributed by atoms with Crippen LogP contribution in [0.25, 0.3) is 6.08 Å². The van der Waals surface area contributed by atoms with Crippen molar-refractivity contribution in [3.8, 4) is 0 Å². The standard InChI is InChI=1S/C18H16BrFN2O2/c1-22(2)18(24)13-4-3-5-15(11-13)21-17(23)9-6-12-10-14(19)7-8-16(12)20/h3-11H,1-2H3,(H,21,23)/b9-6+. The average molecular weight is 391 g/mol. The summed E-state index contributed by atoms with van der Waals surface area (Å²) in [6, 6.07) is 11.1. The van der Waals surface area contributed by atoms with E-state index in [-0.39, 0.29) is 5.91 Å². The molecular formula is C18H16BrFN2O2. The predicted octanol–water partition coefficient (Wildman–Crippen LogP) is 3.94. The van der Waals surface area contributed by atoms with Gasteiger partial charge in [0.25, 0.3) is 5.91 Å². The molecule has 2 rings (SSSR count). The Bertz CT molecular complexity index is 803. The first kappa shape index (κ1) is 17.9. The van der Waals surface area contributed by atoms with Crippen molar-refractivity contribution in [3.05, 3.63) is 70.0 Å². The zero-order valence-electron chi connectivity index (χ0n) is 13.2. The molecule has 0 unspecified atom stereocenters. The number of carbonyl (C=O) groups excluding carboxylic acids is 2. The molecule has 0 spiro atoms. The fourth-order valence-corrected chi connectivity index (χ4v) is 2.36. The Kier molecular flexibility index (Phi) is 5.87. The van der Waals surface area contributed by atoms with E-state index in [1.807, 2.05) is 0 Å². The third kappa shape index (κ3) is 4.76. The van der Waals surface area contributed by atoms with E-state index in [0.29, 0.717) is 16.8 Å². The molecule has 0 atom stereocenters. The van der Waals surface area contributed by atoms with Crippen LogP contribution < -0.4 is 5.32 Å². The van der Waals surface area contributed by atoms with Crippen molar-refractivity contribution in [2.45, 2.75) is 0 Å². The first-order valence-corrected chi connectivity index (χ1v) is 7.92. The lowest BCUT2D eigenvalue weighted by atomic mass is 10.1. The van der Waals surface area contributed by atoms with Crippen LogP contribution in [0.5, 0.6) is 0 Å². The van der Waals surface area contributed by atoms with Crippen LogP contribution in [0.1, 0.15) is 15.9 Å². The second-order valence-electron chi connectivity index (χ2n) is 5.27. The fraction of sp³-hybridized carbons (Fsp3) is 0.111. The molecule has 4 nitrogen and oxygen atoms in total. The maximum Gasteiger partial charge on any atom is 0.253 e. The molecule has 2 aromatic rings. The molecule has 6 heteroatoms. The number of halogens is 2. The van der Waals surface area contributed by atoms with Crippen molar-refractivity contribution in [1.29, 1.82) is 0 Å². The quantitative estimate of drug-likeness (QED) is 0.803. The van der Waals surface area contributed by atoms with Crippen molar-refractivity contribution in [2.24, 2.45) is 0 Å². The van der Waals surface area contributed by atoms with Crippen molar-refractivity contribution >= 4 is 39.5 Å². The summed E-state index contributed by atoms with van der Waals surface area (Å²) in [5.74, 6) is -0.984. The minimum atomic E-state index is -0.416. The maximum absolute atomic E-state index is 13.6. The molecule has 0 aromatic heterocycles. The minimum Gasteiger partial charge on any atom is -0.345 e. The highest BCUT2D eigenvalue weighted by Gasteiger charge is 2.09. The van der Waals surface area contributed by atoms with E-state index >= 15 is 0 Å². The number of anilines is 1. The SMILES string of the molecule is CN(C)C(=O)c1cccc(NC(=O)/C=C/c2cc(Br)ccc2F)c1. The summed E-state index contributed by atoms with van der Waals surface area (Å²) in [6.45, 7) is 0. The van der Waals surface area contributed by atoms with Gasteiger partial charge in [0.15, 0.2) is 0 Å². The van der Waals surface area contributed by atoms with E-state index in [9.17, 15) is 14.0 Å². The highest BCUT2D eigenvalue weighted by atomic mass is 79.9. The molecule has 0 bridgehead atoms. The lowest BCUT2D eigenvalue weighted by Gasteiger charge is -2.11. The van der Waals surface area contributed by atoms with Gasteiger partial charge in [0.1, 0.15) is 5.82 Å². The Morgan fingerprint density at radius 2 is 1.92 bits per heavy atom. The van der Waals surface area contributed by atoms with Gasteiger partial charge in [-0.25, -0.2) is 4.39 Å². The molecule has 1 N–H and O–H groups in total. The molecule has 24 heavy (non-hydrogen) atoms. The Labute approximate surface area is 148 Å². The number of amides is 2. The van der Waals surface area contributed by atoms with Crippen LogP contribution in [-0.2, 0) is 4.79 Å². The van der Waals surface area contributed by atoms with Crippen LogP contribution in [-0.4, -0.2) is 30.8 Å². The van der Waals surface area contributed by atoms with E-state index in [1.54, 1.807) is 50.5 Å². The second-order valence-corrected chi connectivity index (χ2v) is 6.18. The highest BCUT2D eigenvalue weighted by molar-refractivity contribution is 9.10. The van der Waals surface area contributed by atoms with Crippen molar-refractivity contribution in [2.75, 3.05) is 19.4 Å². The maximum atomic E-state index is 13.6. The minimum absolute atomic E-state index is 0.155. The van der Waals surface area contributed by atoms with Crippen LogP contribution in [0.3, 0.4) is 0 Å². The molecule has 2 amide bonds. The lowest BCUT2D eigenvalue weighted by molar-refractivity contribution is -0.111. The highest BCUT2D eigenvalue weighted by Crippen LogP contribution is 2.17. The molecule has 0 aliphatic carbocycles. The van der Waals surface area contributed by atoms with Crippen LogP contribution in [0.2, 0.25) is 0 Å². The van der Waals surface area contributed by atoms with Gasteiger partial charge in [-0.05, 0) is 42.5 Å². The van der Waals surface area contributed by atoms with Crippen LogP contribution in [0.4, 0.5) is 10.1 Å². The molecule has 0 aliphatic rings. The lowest BCUT2D eigenvalue weighted by Crippen LogP contribution is -2.21. The monoisotopic (exact) mass is 390 g/mol. The molecule has 0 fully saturated rings. The van der Waals surface area contributed by atoms with Gasteiger partial charge < -0.3 is 10.2 Å². The molecule has 0 heterocycles. The largest absolute Gasteiger partial charge is 0.345 e. The van der Waals surface area contributed by atoms with E-state index in [1.165, 1.54) is 23.1 Å². The van der Waals surface area contributed by atoms with Crippen molar-refractivity contribution in [3.63, 3.8) is 0 Å². The van der Waals surface area contributed by atoms with E-state index in [0.717, 1.165) is 4.47 Å². The van der Waals surface area contributed by atoms with Crippen molar-refractivity contribution in [1.82, 2.24) is 4.90 Å². The molecule has 0 aliphatic heterocycles. The van der Waals surface area contributed by atoms with Gasteiger partial charge in [0.2, 0.25) is 5.91 Å². The zero-order valence-corrected chi connectivity index (χ0v) is 14.8. The molecule has 2 aromatic carbocycles. The normalized spacial score (nSPS) is 10.7. The smallest absolute Gasteiger partial charge is 0.253 e. The summed E-state index contributed by atoms with van der Waals surface area (Å²) < 4.78 is 14.3. The Balaban J connectivity index is 2.10. The summed E-state index contributed by atoms with van der Waals surface area (Å²) >= 11 is 3.25. The number of nitrogens with zero attached hydrogens (tertiary/aromatic N) is 1. The first-order valence-electron chi connectivity index (χ1n) is 7.12. The number of rotatable bonds is 4. The average Bonchev–Trinajstić information content (AvgIpc) is 2.55. The van der Waals surface area contributed by atoms with Gasteiger partial charge in [-0.3, -0.25) is 9.59 Å².